The molecule has 0 spiro atoms. The van der Waals surface area contributed by atoms with E-state index in [0.29, 0.717) is 17.5 Å². The number of benzene rings is 7. The lowest BCUT2D eigenvalue weighted by Crippen LogP contribution is -2.00. The van der Waals surface area contributed by atoms with Crippen molar-refractivity contribution in [3.8, 4) is 45.3 Å². The second-order valence-electron chi connectivity index (χ2n) is 12.0. The van der Waals surface area contributed by atoms with Crippen LogP contribution < -0.4 is 0 Å². The van der Waals surface area contributed by atoms with Crippen molar-refractivity contribution in [2.45, 2.75) is 0 Å². The minimum absolute atomic E-state index is 0.603. The van der Waals surface area contributed by atoms with Crippen molar-refractivity contribution < 1.29 is 8.83 Å². The van der Waals surface area contributed by atoms with Gasteiger partial charge in [0.15, 0.2) is 17.5 Å². The van der Waals surface area contributed by atoms with Crippen LogP contribution in [-0.4, -0.2) is 15.0 Å². The first kappa shape index (κ1) is 26.6. The normalized spacial score (nSPS) is 11.8. The highest BCUT2D eigenvalue weighted by atomic mass is 16.3. The van der Waals surface area contributed by atoms with Gasteiger partial charge < -0.3 is 8.83 Å². The highest BCUT2D eigenvalue weighted by Crippen LogP contribution is 2.42. The zero-order valence-corrected chi connectivity index (χ0v) is 25.6. The Morgan fingerprint density at radius 2 is 0.854 bits per heavy atom. The summed E-state index contributed by atoms with van der Waals surface area (Å²) in [7, 11) is 0. The van der Waals surface area contributed by atoms with Crippen LogP contribution in [0.15, 0.2) is 160 Å². The standard InChI is InChI=1S/C43H25N3O2/c1-3-11-26(12-4-1)41-44-42(27-13-5-2-6-14-27)46-43(45-41)40-31-16-8-7-15-30(31)25-38-39(40)34-22-20-29(24-37(34)48-38)28-19-21-33-32-17-9-10-18-35(32)47-36(33)23-28/h1-25H. The zero-order chi connectivity index (χ0) is 31.6. The van der Waals surface area contributed by atoms with Crippen LogP contribution in [0.5, 0.6) is 0 Å². The molecule has 0 saturated heterocycles. The van der Waals surface area contributed by atoms with Crippen LogP contribution in [0.25, 0.3) is 99.9 Å². The van der Waals surface area contributed by atoms with Crippen LogP contribution in [0.2, 0.25) is 0 Å². The van der Waals surface area contributed by atoms with Gasteiger partial charge in [0.1, 0.15) is 22.3 Å². The topological polar surface area (TPSA) is 65.0 Å². The Morgan fingerprint density at radius 1 is 0.333 bits per heavy atom. The number of rotatable bonds is 4. The Balaban J connectivity index is 1.21. The SMILES string of the molecule is c1ccc(-c2nc(-c3ccccc3)nc(-c3c4ccccc4cc4oc5cc(-c6ccc7c(c6)oc6ccccc67)ccc5c34)n2)cc1. The first-order chi connectivity index (χ1) is 23.8. The van der Waals surface area contributed by atoms with Gasteiger partial charge >= 0.3 is 0 Å². The van der Waals surface area contributed by atoms with Gasteiger partial charge in [-0.15, -0.1) is 0 Å². The number of fused-ring (bicyclic) bond motifs is 7. The summed E-state index contributed by atoms with van der Waals surface area (Å²) < 4.78 is 12.9. The lowest BCUT2D eigenvalue weighted by Gasteiger charge is -2.11. The lowest BCUT2D eigenvalue weighted by molar-refractivity contribution is 0.668. The van der Waals surface area contributed by atoms with Crippen LogP contribution in [0.4, 0.5) is 0 Å². The summed E-state index contributed by atoms with van der Waals surface area (Å²) in [6.45, 7) is 0. The Kier molecular flexibility index (Phi) is 5.81. The molecule has 0 atom stereocenters. The Morgan fingerprint density at radius 3 is 1.56 bits per heavy atom. The van der Waals surface area contributed by atoms with E-state index < -0.39 is 0 Å². The van der Waals surface area contributed by atoms with Gasteiger partial charge in [-0.25, -0.2) is 15.0 Å². The molecule has 0 saturated carbocycles. The first-order valence-corrected chi connectivity index (χ1v) is 15.9. The molecule has 7 aromatic carbocycles. The molecule has 224 valence electrons. The summed E-state index contributed by atoms with van der Waals surface area (Å²) in [5.74, 6) is 1.85. The fraction of sp³-hybridized carbons (Fsp3) is 0. The number of furan rings is 2. The van der Waals surface area contributed by atoms with Crippen LogP contribution in [0.3, 0.4) is 0 Å². The monoisotopic (exact) mass is 615 g/mol. The molecule has 5 heteroatoms. The molecule has 5 nitrogen and oxygen atoms in total. The largest absolute Gasteiger partial charge is 0.456 e. The molecular weight excluding hydrogens is 590 g/mol. The predicted molar refractivity (Wildman–Crippen MR) is 194 cm³/mol. The van der Waals surface area contributed by atoms with Crippen molar-refractivity contribution in [1.82, 2.24) is 15.0 Å². The van der Waals surface area contributed by atoms with Gasteiger partial charge in [-0.1, -0.05) is 115 Å². The Hall–Kier alpha value is -6.59. The van der Waals surface area contributed by atoms with Gasteiger partial charge in [-0.2, -0.15) is 0 Å². The Labute approximate surface area is 274 Å². The van der Waals surface area contributed by atoms with Crippen LogP contribution in [0.1, 0.15) is 0 Å². The number of para-hydroxylation sites is 1. The summed E-state index contributed by atoms with van der Waals surface area (Å²) >= 11 is 0. The molecule has 0 unspecified atom stereocenters. The van der Waals surface area contributed by atoms with Crippen molar-refractivity contribution in [3.05, 3.63) is 152 Å². The fourth-order valence-corrected chi connectivity index (χ4v) is 6.84. The molecule has 3 aromatic heterocycles. The maximum atomic E-state index is 6.66. The maximum Gasteiger partial charge on any atom is 0.165 e. The van der Waals surface area contributed by atoms with E-state index in [0.717, 1.165) is 82.5 Å². The van der Waals surface area contributed by atoms with Crippen molar-refractivity contribution in [2.75, 3.05) is 0 Å². The van der Waals surface area contributed by atoms with Crippen molar-refractivity contribution >= 4 is 54.6 Å². The molecule has 10 aromatic rings. The molecule has 0 aliphatic carbocycles. The molecule has 0 aliphatic heterocycles. The van der Waals surface area contributed by atoms with Gasteiger partial charge in [0, 0.05) is 38.2 Å². The average molecular weight is 616 g/mol. The number of hydrogen-bond donors (Lipinski definition) is 0. The highest BCUT2D eigenvalue weighted by Gasteiger charge is 2.21. The van der Waals surface area contributed by atoms with E-state index in [-0.39, 0.29) is 0 Å². The minimum atomic E-state index is 0.603. The molecule has 0 bridgehead atoms. The smallest absolute Gasteiger partial charge is 0.165 e. The summed E-state index contributed by atoms with van der Waals surface area (Å²) in [5.41, 5.74) is 8.23. The van der Waals surface area contributed by atoms with E-state index in [2.05, 4.69) is 66.7 Å². The maximum absolute atomic E-state index is 6.66. The molecule has 0 amide bonds. The number of nitrogens with zero attached hydrogens (tertiary/aromatic N) is 3. The van der Waals surface area contributed by atoms with Crippen molar-refractivity contribution in [1.29, 1.82) is 0 Å². The molecule has 10 rings (SSSR count). The average Bonchev–Trinajstić information content (AvgIpc) is 3.71. The summed E-state index contributed by atoms with van der Waals surface area (Å²) in [4.78, 5) is 15.2. The summed E-state index contributed by atoms with van der Waals surface area (Å²) in [6, 6.07) is 51.6. The Bertz CT molecular complexity index is 2780. The van der Waals surface area contributed by atoms with E-state index in [1.165, 1.54) is 0 Å². The van der Waals surface area contributed by atoms with Gasteiger partial charge in [-0.3, -0.25) is 0 Å². The molecular formula is C43H25N3O2. The number of aromatic nitrogens is 3. The van der Waals surface area contributed by atoms with Crippen LogP contribution in [0, 0.1) is 0 Å². The van der Waals surface area contributed by atoms with E-state index in [1.807, 2.05) is 84.9 Å². The number of hydrogen-bond acceptors (Lipinski definition) is 5. The van der Waals surface area contributed by atoms with Gasteiger partial charge in [0.05, 0.1) is 0 Å². The quantitative estimate of drug-likeness (QED) is 0.197. The molecule has 48 heavy (non-hydrogen) atoms. The molecule has 0 fully saturated rings. The highest BCUT2D eigenvalue weighted by molar-refractivity contribution is 6.20. The molecule has 0 radical (unpaired) electrons. The van der Waals surface area contributed by atoms with Gasteiger partial charge in [0.25, 0.3) is 0 Å². The minimum Gasteiger partial charge on any atom is -0.456 e. The van der Waals surface area contributed by atoms with E-state index in [4.69, 9.17) is 23.8 Å². The van der Waals surface area contributed by atoms with E-state index >= 15 is 0 Å². The zero-order valence-electron chi connectivity index (χ0n) is 25.6. The van der Waals surface area contributed by atoms with Gasteiger partial charge in [-0.05, 0) is 58.3 Å². The third-order valence-corrected chi connectivity index (χ3v) is 9.12. The molecule has 0 N–H and O–H groups in total. The summed E-state index contributed by atoms with van der Waals surface area (Å²) in [6.07, 6.45) is 0. The molecule has 0 aliphatic rings. The van der Waals surface area contributed by atoms with Crippen LogP contribution in [-0.2, 0) is 0 Å². The fourth-order valence-electron chi connectivity index (χ4n) is 6.84. The third-order valence-electron chi connectivity index (χ3n) is 9.12. The van der Waals surface area contributed by atoms with E-state index in [9.17, 15) is 0 Å². The van der Waals surface area contributed by atoms with Crippen molar-refractivity contribution in [3.63, 3.8) is 0 Å². The van der Waals surface area contributed by atoms with Crippen LogP contribution >= 0.6 is 0 Å². The molecule has 3 heterocycles. The van der Waals surface area contributed by atoms with Gasteiger partial charge in [0.2, 0.25) is 0 Å². The third kappa shape index (κ3) is 4.22. The van der Waals surface area contributed by atoms with E-state index in [1.54, 1.807) is 0 Å². The lowest BCUT2D eigenvalue weighted by atomic mass is 9.96. The summed E-state index contributed by atoms with van der Waals surface area (Å²) in [5, 5.41) is 6.32. The second kappa shape index (κ2) is 10.5. The second-order valence-corrected chi connectivity index (χ2v) is 12.0. The van der Waals surface area contributed by atoms with Crippen molar-refractivity contribution in [2.24, 2.45) is 0 Å². The first-order valence-electron chi connectivity index (χ1n) is 15.9. The predicted octanol–water partition coefficient (Wildman–Crippen LogP) is 11.5.